The van der Waals surface area contributed by atoms with Crippen molar-refractivity contribution in [2.24, 2.45) is 0 Å². The van der Waals surface area contributed by atoms with Gasteiger partial charge in [0.1, 0.15) is 6.10 Å². The highest BCUT2D eigenvalue weighted by Crippen LogP contribution is 2.45. The maximum absolute atomic E-state index is 11.2. The van der Waals surface area contributed by atoms with Crippen molar-refractivity contribution < 1.29 is 19.0 Å². The zero-order valence-electron chi connectivity index (χ0n) is 8.86. The average molecular weight is 210 g/mol. The molecule has 4 nitrogen and oxygen atoms in total. The molecule has 82 valence electrons. The van der Waals surface area contributed by atoms with Crippen molar-refractivity contribution in [3.63, 3.8) is 0 Å². The van der Waals surface area contributed by atoms with E-state index in [2.05, 4.69) is 0 Å². The number of ether oxygens (including phenoxy) is 3. The first kappa shape index (κ1) is 9.51. The summed E-state index contributed by atoms with van der Waals surface area (Å²) in [6.07, 6.45) is 4.20. The zero-order chi connectivity index (χ0) is 10.7. The van der Waals surface area contributed by atoms with Crippen LogP contribution < -0.4 is 0 Å². The van der Waals surface area contributed by atoms with Crippen LogP contribution in [0.1, 0.15) is 26.7 Å². The monoisotopic (exact) mass is 210 g/mol. The van der Waals surface area contributed by atoms with Crippen molar-refractivity contribution in [3.05, 3.63) is 12.2 Å². The standard InChI is InChI=1S/C11H14O4/c1-10(2)13-8-6-11(15-9(8)14-10)4-3-7(12)5-11/h3-4,8-9H,5-6H2,1-2H3/t8?,9?,11-/m1/s1. The largest absolute Gasteiger partial charge is 0.342 e. The van der Waals surface area contributed by atoms with E-state index in [0.717, 1.165) is 0 Å². The molecule has 3 atom stereocenters. The highest BCUT2D eigenvalue weighted by Gasteiger charge is 2.55. The van der Waals surface area contributed by atoms with Crippen molar-refractivity contribution in [2.75, 3.05) is 0 Å². The maximum atomic E-state index is 11.2. The average Bonchev–Trinajstić information content (AvgIpc) is 2.64. The van der Waals surface area contributed by atoms with Gasteiger partial charge in [-0.05, 0) is 26.0 Å². The van der Waals surface area contributed by atoms with E-state index in [9.17, 15) is 4.79 Å². The molecule has 0 saturated carbocycles. The Balaban J connectivity index is 1.78. The second kappa shape index (κ2) is 2.70. The summed E-state index contributed by atoms with van der Waals surface area (Å²) in [4.78, 5) is 11.2. The molecule has 2 unspecified atom stereocenters. The van der Waals surface area contributed by atoms with Crippen LogP contribution in [0.15, 0.2) is 12.2 Å². The Morgan fingerprint density at radius 1 is 1.33 bits per heavy atom. The fraction of sp³-hybridized carbons (Fsp3) is 0.727. The number of allylic oxidation sites excluding steroid dienone is 1. The van der Waals surface area contributed by atoms with Gasteiger partial charge in [-0.2, -0.15) is 0 Å². The quantitative estimate of drug-likeness (QED) is 0.601. The first-order valence-corrected chi connectivity index (χ1v) is 5.24. The lowest BCUT2D eigenvalue weighted by molar-refractivity contribution is -0.216. The van der Waals surface area contributed by atoms with Gasteiger partial charge in [-0.15, -0.1) is 0 Å². The molecule has 0 amide bonds. The minimum Gasteiger partial charge on any atom is -0.342 e. The van der Waals surface area contributed by atoms with Gasteiger partial charge in [0.25, 0.3) is 0 Å². The maximum Gasteiger partial charge on any atom is 0.188 e. The molecular weight excluding hydrogens is 196 g/mol. The fourth-order valence-electron chi connectivity index (χ4n) is 2.54. The predicted molar refractivity (Wildman–Crippen MR) is 51.0 cm³/mol. The smallest absolute Gasteiger partial charge is 0.188 e. The minimum atomic E-state index is -0.566. The van der Waals surface area contributed by atoms with Gasteiger partial charge in [0.15, 0.2) is 17.9 Å². The Kier molecular flexibility index (Phi) is 1.71. The molecule has 0 radical (unpaired) electrons. The van der Waals surface area contributed by atoms with E-state index in [1.54, 1.807) is 6.08 Å². The van der Waals surface area contributed by atoms with E-state index in [-0.39, 0.29) is 18.2 Å². The SMILES string of the molecule is CC1(C)OC2C[C@]3(C=CC(=O)C3)OC2O1. The Morgan fingerprint density at radius 3 is 2.73 bits per heavy atom. The van der Waals surface area contributed by atoms with E-state index < -0.39 is 11.4 Å². The number of carbonyl (C=O) groups excluding carboxylic acids is 1. The predicted octanol–water partition coefficient (Wildman–Crippen LogP) is 1.15. The molecule has 2 aliphatic heterocycles. The summed E-state index contributed by atoms with van der Waals surface area (Å²) in [7, 11) is 0. The van der Waals surface area contributed by atoms with Gasteiger partial charge < -0.3 is 14.2 Å². The molecule has 0 N–H and O–H groups in total. The van der Waals surface area contributed by atoms with Crippen molar-refractivity contribution in [1.82, 2.24) is 0 Å². The normalized spacial score (nSPS) is 46.7. The summed E-state index contributed by atoms with van der Waals surface area (Å²) in [6, 6.07) is 0. The molecule has 1 spiro atoms. The van der Waals surface area contributed by atoms with Gasteiger partial charge in [0.2, 0.25) is 0 Å². The second-order valence-corrected chi connectivity index (χ2v) is 4.91. The molecule has 0 aromatic carbocycles. The van der Waals surface area contributed by atoms with Crippen LogP contribution in [0, 0.1) is 0 Å². The molecule has 2 fully saturated rings. The van der Waals surface area contributed by atoms with Gasteiger partial charge in [-0.3, -0.25) is 4.79 Å². The summed E-state index contributed by atoms with van der Waals surface area (Å²) < 4.78 is 17.1. The van der Waals surface area contributed by atoms with Crippen molar-refractivity contribution >= 4 is 5.78 Å². The summed E-state index contributed by atoms with van der Waals surface area (Å²) in [5.74, 6) is -0.447. The van der Waals surface area contributed by atoms with Crippen molar-refractivity contribution in [1.29, 1.82) is 0 Å². The van der Waals surface area contributed by atoms with Gasteiger partial charge in [0.05, 0.1) is 5.60 Å². The number of fused-ring (bicyclic) bond motifs is 1. The van der Waals surface area contributed by atoms with Crippen molar-refractivity contribution in [2.45, 2.75) is 50.5 Å². The molecule has 2 heterocycles. The molecule has 0 bridgehead atoms. The molecule has 1 aliphatic carbocycles. The highest BCUT2D eigenvalue weighted by molar-refractivity contribution is 5.93. The summed E-state index contributed by atoms with van der Waals surface area (Å²) in [5, 5.41) is 0. The number of carbonyl (C=O) groups is 1. The van der Waals surface area contributed by atoms with E-state index in [1.807, 2.05) is 19.9 Å². The number of hydrogen-bond donors (Lipinski definition) is 0. The first-order chi connectivity index (χ1) is 6.98. The molecular formula is C11H14O4. The highest BCUT2D eigenvalue weighted by atomic mass is 16.8. The molecule has 15 heavy (non-hydrogen) atoms. The topological polar surface area (TPSA) is 44.8 Å². The van der Waals surface area contributed by atoms with Crippen LogP contribution in [0.2, 0.25) is 0 Å². The van der Waals surface area contributed by atoms with Crippen LogP contribution >= 0.6 is 0 Å². The molecule has 0 aromatic rings. The molecule has 2 saturated heterocycles. The van der Waals surface area contributed by atoms with Gasteiger partial charge in [-0.25, -0.2) is 0 Å². The number of ketones is 1. The van der Waals surface area contributed by atoms with E-state index in [0.29, 0.717) is 12.8 Å². The summed E-state index contributed by atoms with van der Waals surface area (Å²) >= 11 is 0. The molecule has 4 heteroatoms. The second-order valence-electron chi connectivity index (χ2n) is 4.91. The Bertz CT molecular complexity index is 328. The third-order valence-electron chi connectivity index (χ3n) is 3.08. The third-order valence-corrected chi connectivity index (χ3v) is 3.08. The van der Waals surface area contributed by atoms with Crippen molar-refractivity contribution in [3.8, 4) is 0 Å². The lowest BCUT2D eigenvalue weighted by Crippen LogP contribution is -2.30. The first-order valence-electron chi connectivity index (χ1n) is 5.24. The lowest BCUT2D eigenvalue weighted by atomic mass is 9.98. The van der Waals surface area contributed by atoms with Crippen LogP contribution in [0.3, 0.4) is 0 Å². The van der Waals surface area contributed by atoms with Gasteiger partial charge in [0, 0.05) is 12.8 Å². The lowest BCUT2D eigenvalue weighted by Gasteiger charge is -2.25. The minimum absolute atomic E-state index is 0.0458. The van der Waals surface area contributed by atoms with Crippen LogP contribution in [0.25, 0.3) is 0 Å². The Labute approximate surface area is 88.2 Å². The van der Waals surface area contributed by atoms with Crippen LogP contribution in [0.4, 0.5) is 0 Å². The van der Waals surface area contributed by atoms with E-state index >= 15 is 0 Å². The molecule has 0 aromatic heterocycles. The molecule has 3 aliphatic rings. The zero-order valence-corrected chi connectivity index (χ0v) is 8.86. The number of rotatable bonds is 0. The summed E-state index contributed by atoms with van der Waals surface area (Å²) in [6.45, 7) is 3.74. The van der Waals surface area contributed by atoms with E-state index in [1.165, 1.54) is 0 Å². The Hall–Kier alpha value is -0.710. The van der Waals surface area contributed by atoms with Gasteiger partial charge >= 0.3 is 0 Å². The fourth-order valence-corrected chi connectivity index (χ4v) is 2.54. The van der Waals surface area contributed by atoms with Gasteiger partial charge in [-0.1, -0.05) is 0 Å². The number of hydrogen-bond acceptors (Lipinski definition) is 4. The summed E-state index contributed by atoms with van der Waals surface area (Å²) in [5.41, 5.74) is -0.455. The van der Waals surface area contributed by atoms with Crippen LogP contribution in [-0.4, -0.2) is 29.6 Å². The van der Waals surface area contributed by atoms with Crippen LogP contribution in [0.5, 0.6) is 0 Å². The Morgan fingerprint density at radius 2 is 2.13 bits per heavy atom. The van der Waals surface area contributed by atoms with Crippen LogP contribution in [-0.2, 0) is 19.0 Å². The third kappa shape index (κ3) is 1.44. The molecule has 3 rings (SSSR count). The van der Waals surface area contributed by atoms with E-state index in [4.69, 9.17) is 14.2 Å².